The molecule has 0 radical (unpaired) electrons. The first-order valence-electron chi connectivity index (χ1n) is 8.51. The summed E-state index contributed by atoms with van der Waals surface area (Å²) in [4.78, 5) is 0. The molecular formula is C16H23N5O2. The number of hydrogen-bond donors (Lipinski definition) is 1. The van der Waals surface area contributed by atoms with Gasteiger partial charge in [-0.05, 0) is 31.2 Å². The van der Waals surface area contributed by atoms with Crippen LogP contribution in [0.3, 0.4) is 0 Å². The third kappa shape index (κ3) is 3.30. The maximum absolute atomic E-state index is 5.98. The van der Waals surface area contributed by atoms with E-state index in [1.165, 1.54) is 18.5 Å². The van der Waals surface area contributed by atoms with Gasteiger partial charge in [-0.2, -0.15) is 5.10 Å². The molecule has 1 aliphatic carbocycles. The van der Waals surface area contributed by atoms with Gasteiger partial charge >= 0.3 is 0 Å². The lowest BCUT2D eigenvalue weighted by Crippen LogP contribution is -2.32. The lowest BCUT2D eigenvalue weighted by atomic mass is 10.1. The number of rotatable bonds is 7. The summed E-state index contributed by atoms with van der Waals surface area (Å²) in [5, 5.41) is 16.0. The molecule has 124 valence electrons. The zero-order valence-corrected chi connectivity index (χ0v) is 13.4. The van der Waals surface area contributed by atoms with Gasteiger partial charge in [-0.1, -0.05) is 6.92 Å². The standard InChI is InChI=1S/C16H23N5O2/c1-2-14-19-20-15(23-14)9-17-12-6-8-22-16(12)13-5-7-18-21(13)10-11-3-4-11/h5,7,11-12,16-17H,2-4,6,8-10H2,1H3/t12-,16-/m0/s1. The van der Waals surface area contributed by atoms with Crippen molar-refractivity contribution in [2.24, 2.45) is 5.92 Å². The van der Waals surface area contributed by atoms with E-state index in [0.29, 0.717) is 18.3 Å². The molecule has 2 aromatic rings. The second-order valence-electron chi connectivity index (χ2n) is 6.39. The highest BCUT2D eigenvalue weighted by Gasteiger charge is 2.33. The van der Waals surface area contributed by atoms with Crippen molar-refractivity contribution in [3.05, 3.63) is 29.7 Å². The molecule has 1 saturated heterocycles. The second kappa shape index (κ2) is 6.41. The Balaban J connectivity index is 1.41. The quantitative estimate of drug-likeness (QED) is 0.840. The highest BCUT2D eigenvalue weighted by Crippen LogP contribution is 2.34. The summed E-state index contributed by atoms with van der Waals surface area (Å²) in [6.07, 6.45) is 6.32. The molecule has 2 aliphatic rings. The maximum Gasteiger partial charge on any atom is 0.230 e. The molecular weight excluding hydrogens is 294 g/mol. The second-order valence-corrected chi connectivity index (χ2v) is 6.39. The average Bonchev–Trinajstić information content (AvgIpc) is 2.97. The van der Waals surface area contributed by atoms with Crippen LogP contribution >= 0.6 is 0 Å². The van der Waals surface area contributed by atoms with E-state index in [1.54, 1.807) is 0 Å². The molecule has 4 rings (SSSR count). The summed E-state index contributed by atoms with van der Waals surface area (Å²) in [5.41, 5.74) is 1.17. The third-order valence-corrected chi connectivity index (χ3v) is 4.59. The van der Waals surface area contributed by atoms with E-state index in [9.17, 15) is 0 Å². The van der Waals surface area contributed by atoms with E-state index < -0.39 is 0 Å². The minimum atomic E-state index is 0.0461. The smallest absolute Gasteiger partial charge is 0.230 e. The Morgan fingerprint density at radius 3 is 2.91 bits per heavy atom. The molecule has 2 atom stereocenters. The van der Waals surface area contributed by atoms with E-state index in [0.717, 1.165) is 31.9 Å². The topological polar surface area (TPSA) is 78.0 Å². The summed E-state index contributed by atoms with van der Waals surface area (Å²) in [5.74, 6) is 2.12. The Morgan fingerprint density at radius 1 is 1.26 bits per heavy atom. The molecule has 0 spiro atoms. The predicted octanol–water partition coefficient (Wildman–Crippen LogP) is 1.86. The van der Waals surface area contributed by atoms with Crippen LogP contribution in [-0.4, -0.2) is 32.6 Å². The highest BCUT2D eigenvalue weighted by atomic mass is 16.5. The van der Waals surface area contributed by atoms with Crippen LogP contribution in [0.25, 0.3) is 0 Å². The third-order valence-electron chi connectivity index (χ3n) is 4.59. The van der Waals surface area contributed by atoms with Crippen molar-refractivity contribution < 1.29 is 9.15 Å². The minimum absolute atomic E-state index is 0.0461. The number of ether oxygens (including phenoxy) is 1. The Labute approximate surface area is 135 Å². The maximum atomic E-state index is 5.98. The Bertz CT molecular complexity index is 648. The van der Waals surface area contributed by atoms with Crippen molar-refractivity contribution >= 4 is 0 Å². The first kappa shape index (κ1) is 14.8. The van der Waals surface area contributed by atoms with E-state index in [-0.39, 0.29) is 12.1 Å². The van der Waals surface area contributed by atoms with Crippen LogP contribution in [0.4, 0.5) is 0 Å². The van der Waals surface area contributed by atoms with Gasteiger partial charge in [0.05, 0.1) is 12.2 Å². The van der Waals surface area contributed by atoms with Gasteiger partial charge < -0.3 is 14.5 Å². The van der Waals surface area contributed by atoms with E-state index in [2.05, 4.69) is 31.4 Å². The molecule has 1 aliphatic heterocycles. The minimum Gasteiger partial charge on any atom is -0.424 e. The van der Waals surface area contributed by atoms with Crippen molar-refractivity contribution in [2.45, 2.75) is 57.8 Å². The molecule has 7 nitrogen and oxygen atoms in total. The van der Waals surface area contributed by atoms with Crippen LogP contribution in [0.1, 0.15) is 49.8 Å². The van der Waals surface area contributed by atoms with Gasteiger partial charge in [-0.3, -0.25) is 4.68 Å². The molecule has 3 heterocycles. The molecule has 2 fully saturated rings. The van der Waals surface area contributed by atoms with Crippen molar-refractivity contribution in [3.8, 4) is 0 Å². The zero-order chi connectivity index (χ0) is 15.6. The molecule has 0 bridgehead atoms. The summed E-state index contributed by atoms with van der Waals surface area (Å²) < 4.78 is 13.7. The van der Waals surface area contributed by atoms with Crippen LogP contribution in [0.5, 0.6) is 0 Å². The molecule has 0 unspecified atom stereocenters. The molecule has 0 aromatic carbocycles. The van der Waals surface area contributed by atoms with Crippen molar-refractivity contribution in [2.75, 3.05) is 6.61 Å². The first-order valence-corrected chi connectivity index (χ1v) is 8.51. The number of hydrogen-bond acceptors (Lipinski definition) is 6. The van der Waals surface area contributed by atoms with Gasteiger partial charge in [0.1, 0.15) is 6.10 Å². The molecule has 1 saturated carbocycles. The molecule has 23 heavy (non-hydrogen) atoms. The van der Waals surface area contributed by atoms with Crippen LogP contribution in [0.2, 0.25) is 0 Å². The molecule has 1 N–H and O–H groups in total. The van der Waals surface area contributed by atoms with Gasteiger partial charge in [0.15, 0.2) is 0 Å². The average molecular weight is 317 g/mol. The summed E-state index contributed by atoms with van der Waals surface area (Å²) in [7, 11) is 0. The van der Waals surface area contributed by atoms with E-state index in [4.69, 9.17) is 9.15 Å². The van der Waals surface area contributed by atoms with Crippen molar-refractivity contribution in [1.29, 1.82) is 0 Å². The fourth-order valence-corrected chi connectivity index (χ4v) is 3.09. The Morgan fingerprint density at radius 2 is 2.13 bits per heavy atom. The normalized spacial score (nSPS) is 24.4. The lowest BCUT2D eigenvalue weighted by Gasteiger charge is -2.20. The Kier molecular flexibility index (Phi) is 4.13. The first-order chi connectivity index (χ1) is 11.3. The van der Waals surface area contributed by atoms with Crippen LogP contribution < -0.4 is 5.32 Å². The molecule has 2 aromatic heterocycles. The van der Waals surface area contributed by atoms with Gasteiger partial charge in [0.25, 0.3) is 0 Å². The van der Waals surface area contributed by atoms with E-state index >= 15 is 0 Å². The van der Waals surface area contributed by atoms with Gasteiger partial charge in [0, 0.05) is 31.8 Å². The number of aryl methyl sites for hydroxylation is 1. The van der Waals surface area contributed by atoms with Crippen molar-refractivity contribution in [3.63, 3.8) is 0 Å². The fraction of sp³-hybridized carbons (Fsp3) is 0.688. The SMILES string of the molecule is CCc1nnc(CN[C@H]2CCO[C@@H]2c2ccnn2CC2CC2)o1. The summed E-state index contributed by atoms with van der Waals surface area (Å²) in [6.45, 7) is 4.36. The predicted molar refractivity (Wildman–Crippen MR) is 82.6 cm³/mol. The molecule has 7 heteroatoms. The van der Waals surface area contributed by atoms with Crippen LogP contribution in [-0.2, 0) is 24.2 Å². The fourth-order valence-electron chi connectivity index (χ4n) is 3.09. The monoisotopic (exact) mass is 317 g/mol. The largest absolute Gasteiger partial charge is 0.424 e. The van der Waals surface area contributed by atoms with Crippen LogP contribution in [0.15, 0.2) is 16.7 Å². The summed E-state index contributed by atoms with van der Waals surface area (Å²) in [6, 6.07) is 2.33. The van der Waals surface area contributed by atoms with Gasteiger partial charge in [0.2, 0.25) is 11.8 Å². The zero-order valence-electron chi connectivity index (χ0n) is 13.4. The summed E-state index contributed by atoms with van der Waals surface area (Å²) >= 11 is 0. The van der Waals surface area contributed by atoms with Crippen molar-refractivity contribution in [1.82, 2.24) is 25.3 Å². The Hall–Kier alpha value is -1.73. The number of nitrogens with one attached hydrogen (secondary N) is 1. The van der Waals surface area contributed by atoms with Gasteiger partial charge in [-0.25, -0.2) is 0 Å². The number of nitrogens with zero attached hydrogens (tertiary/aromatic N) is 4. The van der Waals surface area contributed by atoms with E-state index in [1.807, 2.05) is 13.1 Å². The highest BCUT2D eigenvalue weighted by molar-refractivity contribution is 5.10. The van der Waals surface area contributed by atoms with Crippen LogP contribution in [0, 0.1) is 5.92 Å². The number of aromatic nitrogens is 4. The lowest BCUT2D eigenvalue weighted by molar-refractivity contribution is 0.0901. The van der Waals surface area contributed by atoms with Gasteiger partial charge in [-0.15, -0.1) is 10.2 Å². The molecule has 0 amide bonds.